The predicted molar refractivity (Wildman–Crippen MR) is 60.6 cm³/mol. The summed E-state index contributed by atoms with van der Waals surface area (Å²) < 4.78 is 0. The fraction of sp³-hybridized carbons (Fsp3) is 0.917. The van der Waals surface area contributed by atoms with E-state index >= 15 is 0 Å². The Bertz CT molecular complexity index is 244. The summed E-state index contributed by atoms with van der Waals surface area (Å²) in [5.41, 5.74) is 0.419. The molecular formula is C12H22N2O. The second kappa shape index (κ2) is 4.12. The summed E-state index contributed by atoms with van der Waals surface area (Å²) in [7, 11) is 0. The molecule has 2 aliphatic rings. The molecule has 1 aliphatic heterocycles. The Hall–Kier alpha value is -0.570. The smallest absolute Gasteiger partial charge is 0.236 e. The topological polar surface area (TPSA) is 32.3 Å². The van der Waals surface area contributed by atoms with E-state index in [1.54, 1.807) is 0 Å². The van der Waals surface area contributed by atoms with Gasteiger partial charge in [0, 0.05) is 19.1 Å². The van der Waals surface area contributed by atoms with Crippen LogP contribution in [0.25, 0.3) is 0 Å². The molecule has 1 N–H and O–H groups in total. The molecule has 1 saturated carbocycles. The number of carbonyl (C=O) groups is 1. The Morgan fingerprint density at radius 1 is 1.33 bits per heavy atom. The van der Waals surface area contributed by atoms with Gasteiger partial charge >= 0.3 is 0 Å². The molecule has 0 aromatic rings. The average molecular weight is 210 g/mol. The van der Waals surface area contributed by atoms with Gasteiger partial charge in [0.25, 0.3) is 0 Å². The highest BCUT2D eigenvalue weighted by Gasteiger charge is 2.45. The van der Waals surface area contributed by atoms with Crippen LogP contribution in [0.15, 0.2) is 0 Å². The summed E-state index contributed by atoms with van der Waals surface area (Å²) in [6.07, 6.45) is 4.86. The van der Waals surface area contributed by atoms with Gasteiger partial charge in [-0.05, 0) is 31.1 Å². The van der Waals surface area contributed by atoms with E-state index in [1.807, 2.05) is 4.90 Å². The number of likely N-dealkylation sites (tertiary alicyclic amines) is 1. The first-order valence-corrected chi connectivity index (χ1v) is 6.11. The zero-order valence-electron chi connectivity index (χ0n) is 9.88. The van der Waals surface area contributed by atoms with Gasteiger partial charge in [0.1, 0.15) is 0 Å². The van der Waals surface area contributed by atoms with Gasteiger partial charge in [-0.3, -0.25) is 4.79 Å². The van der Waals surface area contributed by atoms with E-state index < -0.39 is 0 Å². The van der Waals surface area contributed by atoms with Crippen LogP contribution in [0.4, 0.5) is 0 Å². The molecule has 3 nitrogen and oxygen atoms in total. The lowest BCUT2D eigenvalue weighted by Gasteiger charge is -2.26. The molecule has 1 unspecified atom stereocenters. The van der Waals surface area contributed by atoms with Crippen molar-refractivity contribution in [3.63, 3.8) is 0 Å². The second-order valence-electron chi connectivity index (χ2n) is 5.57. The van der Waals surface area contributed by atoms with Crippen LogP contribution in [-0.2, 0) is 4.79 Å². The molecule has 0 bridgehead atoms. The maximum absolute atomic E-state index is 11.8. The molecular weight excluding hydrogens is 188 g/mol. The Labute approximate surface area is 92.2 Å². The highest BCUT2D eigenvalue weighted by Crippen LogP contribution is 2.44. The Kier molecular flexibility index (Phi) is 3.01. The van der Waals surface area contributed by atoms with Gasteiger partial charge in [-0.25, -0.2) is 0 Å². The molecule has 1 aliphatic carbocycles. The van der Waals surface area contributed by atoms with Gasteiger partial charge in [0.2, 0.25) is 5.91 Å². The number of piperidine rings is 1. The molecule has 3 heteroatoms. The minimum Gasteiger partial charge on any atom is -0.342 e. The summed E-state index contributed by atoms with van der Waals surface area (Å²) in [5, 5.41) is 3.35. The number of hydrogen-bond acceptors (Lipinski definition) is 2. The fourth-order valence-corrected chi connectivity index (χ4v) is 2.28. The number of hydrogen-bond donors (Lipinski definition) is 1. The molecule has 1 heterocycles. The lowest BCUT2D eigenvalue weighted by atomic mass is 10.1. The molecule has 0 radical (unpaired) electrons. The monoisotopic (exact) mass is 210 g/mol. The van der Waals surface area contributed by atoms with Gasteiger partial charge in [-0.15, -0.1) is 0 Å². The highest BCUT2D eigenvalue weighted by atomic mass is 16.2. The van der Waals surface area contributed by atoms with Crippen LogP contribution in [0, 0.1) is 5.41 Å². The molecule has 1 saturated heterocycles. The van der Waals surface area contributed by atoms with Crippen LogP contribution < -0.4 is 5.32 Å². The summed E-state index contributed by atoms with van der Waals surface area (Å²) in [6, 6.07) is 0.561. The van der Waals surface area contributed by atoms with Crippen molar-refractivity contribution in [2.75, 3.05) is 19.6 Å². The normalized spacial score (nSPS) is 28.9. The summed E-state index contributed by atoms with van der Waals surface area (Å²) in [5.74, 6) is 0.289. The van der Waals surface area contributed by atoms with Gasteiger partial charge < -0.3 is 10.2 Å². The minimum absolute atomic E-state index is 0.289. The maximum atomic E-state index is 11.8. The molecule has 86 valence electrons. The molecule has 2 fully saturated rings. The molecule has 1 atom stereocenters. The summed E-state index contributed by atoms with van der Waals surface area (Å²) in [4.78, 5) is 13.8. The first-order chi connectivity index (χ1) is 7.09. The lowest BCUT2D eigenvalue weighted by Crippen LogP contribution is -2.42. The third kappa shape index (κ3) is 2.71. The van der Waals surface area contributed by atoms with E-state index in [4.69, 9.17) is 0 Å². The second-order valence-corrected chi connectivity index (χ2v) is 5.57. The Morgan fingerprint density at radius 3 is 2.47 bits per heavy atom. The Morgan fingerprint density at radius 2 is 1.93 bits per heavy atom. The van der Waals surface area contributed by atoms with Crippen molar-refractivity contribution >= 4 is 5.91 Å². The highest BCUT2D eigenvalue weighted by molar-refractivity contribution is 5.78. The number of carbonyl (C=O) groups excluding carboxylic acids is 1. The lowest BCUT2D eigenvalue weighted by molar-refractivity contribution is -0.131. The largest absolute Gasteiger partial charge is 0.342 e. The van der Waals surface area contributed by atoms with E-state index in [0.717, 1.165) is 13.1 Å². The van der Waals surface area contributed by atoms with Gasteiger partial charge in [0.05, 0.1) is 6.54 Å². The number of amides is 1. The minimum atomic E-state index is 0.289. The molecule has 2 rings (SSSR count). The molecule has 0 spiro atoms. The number of nitrogens with zero attached hydrogens (tertiary/aromatic N) is 1. The first-order valence-electron chi connectivity index (χ1n) is 6.11. The zero-order chi connectivity index (χ0) is 10.9. The van der Waals surface area contributed by atoms with E-state index in [2.05, 4.69) is 19.2 Å². The van der Waals surface area contributed by atoms with Crippen molar-refractivity contribution in [2.24, 2.45) is 5.41 Å². The van der Waals surface area contributed by atoms with Crippen molar-refractivity contribution in [1.82, 2.24) is 10.2 Å². The number of rotatable bonds is 3. The van der Waals surface area contributed by atoms with Crippen molar-refractivity contribution in [3.05, 3.63) is 0 Å². The van der Waals surface area contributed by atoms with Crippen LogP contribution >= 0.6 is 0 Å². The SMILES string of the molecule is CC1(C)CC1NCC(=O)N1CCCCC1. The first kappa shape index (κ1) is 10.9. The van der Waals surface area contributed by atoms with E-state index in [0.29, 0.717) is 18.0 Å². The molecule has 0 aromatic carbocycles. The molecule has 0 aromatic heterocycles. The van der Waals surface area contributed by atoms with E-state index in [-0.39, 0.29) is 5.91 Å². The predicted octanol–water partition coefficient (Wildman–Crippen LogP) is 1.39. The van der Waals surface area contributed by atoms with Crippen molar-refractivity contribution in [2.45, 2.75) is 45.6 Å². The standard InChI is InChI=1S/C12H22N2O/c1-12(2)8-10(12)13-9-11(15)14-6-4-3-5-7-14/h10,13H,3-9H2,1-2H3. The van der Waals surface area contributed by atoms with Crippen LogP contribution in [0.3, 0.4) is 0 Å². The van der Waals surface area contributed by atoms with E-state index in [9.17, 15) is 4.79 Å². The quantitative estimate of drug-likeness (QED) is 0.763. The molecule has 15 heavy (non-hydrogen) atoms. The van der Waals surface area contributed by atoms with Crippen LogP contribution in [0.2, 0.25) is 0 Å². The zero-order valence-corrected chi connectivity index (χ0v) is 9.88. The van der Waals surface area contributed by atoms with Gasteiger partial charge in [-0.1, -0.05) is 13.8 Å². The summed E-state index contributed by atoms with van der Waals surface area (Å²) in [6.45, 7) is 6.96. The summed E-state index contributed by atoms with van der Waals surface area (Å²) >= 11 is 0. The average Bonchev–Trinajstić information content (AvgIpc) is 2.84. The van der Waals surface area contributed by atoms with Crippen molar-refractivity contribution in [3.8, 4) is 0 Å². The number of nitrogens with one attached hydrogen (secondary N) is 1. The van der Waals surface area contributed by atoms with Crippen LogP contribution in [-0.4, -0.2) is 36.5 Å². The fourth-order valence-electron chi connectivity index (χ4n) is 2.28. The van der Waals surface area contributed by atoms with Gasteiger partial charge in [0.15, 0.2) is 0 Å². The third-order valence-electron chi connectivity index (χ3n) is 3.72. The molecule has 1 amide bonds. The van der Waals surface area contributed by atoms with E-state index in [1.165, 1.54) is 25.7 Å². The Balaban J connectivity index is 1.68. The van der Waals surface area contributed by atoms with Crippen molar-refractivity contribution in [1.29, 1.82) is 0 Å². The van der Waals surface area contributed by atoms with Crippen LogP contribution in [0.1, 0.15) is 39.5 Å². The van der Waals surface area contributed by atoms with Gasteiger partial charge in [-0.2, -0.15) is 0 Å². The third-order valence-corrected chi connectivity index (χ3v) is 3.72. The van der Waals surface area contributed by atoms with Crippen LogP contribution in [0.5, 0.6) is 0 Å². The maximum Gasteiger partial charge on any atom is 0.236 e. The van der Waals surface area contributed by atoms with Crippen molar-refractivity contribution < 1.29 is 4.79 Å².